The van der Waals surface area contributed by atoms with Crippen molar-refractivity contribution >= 4 is 27.9 Å². The number of ether oxygens (including phenoxy) is 2. The summed E-state index contributed by atoms with van der Waals surface area (Å²) >= 11 is 3.39. The van der Waals surface area contributed by atoms with Gasteiger partial charge < -0.3 is 30.1 Å². The molecule has 0 radical (unpaired) electrons. The van der Waals surface area contributed by atoms with Crippen molar-refractivity contribution in [1.29, 1.82) is 0 Å². The van der Waals surface area contributed by atoms with Crippen LogP contribution in [0, 0.1) is 0 Å². The summed E-state index contributed by atoms with van der Waals surface area (Å²) in [5.41, 5.74) is 1.62. The van der Waals surface area contributed by atoms with Gasteiger partial charge >= 0.3 is 17.7 Å². The van der Waals surface area contributed by atoms with E-state index < -0.39 is 23.8 Å². The van der Waals surface area contributed by atoms with E-state index in [1.165, 1.54) is 6.07 Å². The van der Waals surface area contributed by atoms with Gasteiger partial charge in [-0.2, -0.15) is 0 Å². The Balaban J connectivity index is 1.65. The van der Waals surface area contributed by atoms with Crippen molar-refractivity contribution in [3.8, 4) is 11.5 Å². The largest absolute Gasteiger partial charge is 0.475 e. The van der Waals surface area contributed by atoms with Crippen molar-refractivity contribution in [3.63, 3.8) is 0 Å². The maximum Gasteiger partial charge on any atom is 0.453 e. The third kappa shape index (κ3) is 4.58. The highest BCUT2D eigenvalue weighted by molar-refractivity contribution is 9.10. The SMILES string of the molecule is CCC(Cc1ccc2c(c1)OC(C(=O)O)(C(=O)O)O2)NCC(O)c1cccc(Br)c1. The minimum absolute atomic E-state index is 0.0379. The van der Waals surface area contributed by atoms with E-state index in [4.69, 9.17) is 9.47 Å². The van der Waals surface area contributed by atoms with Gasteiger partial charge in [-0.15, -0.1) is 0 Å². The number of carbonyl (C=O) groups is 2. The van der Waals surface area contributed by atoms with E-state index in [-0.39, 0.29) is 17.5 Å². The molecule has 8 nitrogen and oxygen atoms in total. The molecule has 0 bridgehead atoms. The first-order chi connectivity index (χ1) is 14.2. The first kappa shape index (κ1) is 22.1. The Morgan fingerprint density at radius 3 is 2.43 bits per heavy atom. The molecule has 1 aliphatic rings. The van der Waals surface area contributed by atoms with E-state index in [0.29, 0.717) is 13.0 Å². The molecule has 2 aromatic rings. The fourth-order valence-corrected chi connectivity index (χ4v) is 3.61. The van der Waals surface area contributed by atoms with Gasteiger partial charge in [0.05, 0.1) is 6.10 Å². The van der Waals surface area contributed by atoms with Crippen LogP contribution in [0.5, 0.6) is 11.5 Å². The number of carboxylic acids is 2. The maximum absolute atomic E-state index is 11.4. The second-order valence-corrected chi connectivity index (χ2v) is 7.92. The number of fused-ring (bicyclic) bond motifs is 1. The monoisotopic (exact) mass is 479 g/mol. The highest BCUT2D eigenvalue weighted by Gasteiger charge is 2.57. The Kier molecular flexibility index (Phi) is 6.64. The molecule has 0 saturated heterocycles. The normalized spacial score (nSPS) is 16.1. The lowest BCUT2D eigenvalue weighted by molar-refractivity contribution is -0.194. The molecule has 0 fully saturated rings. The predicted octanol–water partition coefficient (Wildman–Crippen LogP) is 2.73. The maximum atomic E-state index is 11.4. The zero-order valence-electron chi connectivity index (χ0n) is 16.2. The van der Waals surface area contributed by atoms with Crippen LogP contribution in [0.2, 0.25) is 0 Å². The number of rotatable bonds is 9. The molecule has 0 aromatic heterocycles. The van der Waals surface area contributed by atoms with Gasteiger partial charge in [-0.05, 0) is 48.2 Å². The predicted molar refractivity (Wildman–Crippen MR) is 111 cm³/mol. The molecule has 9 heteroatoms. The summed E-state index contributed by atoms with van der Waals surface area (Å²) in [6.07, 6.45) is 0.694. The van der Waals surface area contributed by atoms with Crippen LogP contribution < -0.4 is 14.8 Å². The molecule has 30 heavy (non-hydrogen) atoms. The average Bonchev–Trinajstić information content (AvgIpc) is 3.11. The second kappa shape index (κ2) is 9.03. The van der Waals surface area contributed by atoms with Gasteiger partial charge in [0.25, 0.3) is 0 Å². The summed E-state index contributed by atoms with van der Waals surface area (Å²) in [4.78, 5) is 22.7. The van der Waals surface area contributed by atoms with Crippen molar-refractivity contribution in [1.82, 2.24) is 5.32 Å². The molecule has 160 valence electrons. The van der Waals surface area contributed by atoms with Crippen molar-refractivity contribution in [3.05, 3.63) is 58.1 Å². The molecule has 2 aromatic carbocycles. The Labute approximate surface area is 181 Å². The molecule has 3 rings (SSSR count). The second-order valence-electron chi connectivity index (χ2n) is 7.00. The number of halogens is 1. The number of benzene rings is 2. The lowest BCUT2D eigenvalue weighted by atomic mass is 10.0. The minimum atomic E-state index is -2.77. The molecule has 2 unspecified atom stereocenters. The summed E-state index contributed by atoms with van der Waals surface area (Å²) in [6.45, 7) is 2.37. The van der Waals surface area contributed by atoms with Crippen LogP contribution in [0.3, 0.4) is 0 Å². The number of aliphatic hydroxyl groups is 1. The van der Waals surface area contributed by atoms with Crippen LogP contribution in [0.1, 0.15) is 30.6 Å². The summed E-state index contributed by atoms with van der Waals surface area (Å²) in [5.74, 6) is -6.10. The summed E-state index contributed by atoms with van der Waals surface area (Å²) in [5, 5.41) is 32.2. The van der Waals surface area contributed by atoms with Crippen LogP contribution >= 0.6 is 15.9 Å². The van der Waals surface area contributed by atoms with Crippen LogP contribution in [0.25, 0.3) is 0 Å². The topological polar surface area (TPSA) is 125 Å². The Bertz CT molecular complexity index is 935. The number of hydrogen-bond donors (Lipinski definition) is 4. The van der Waals surface area contributed by atoms with Gasteiger partial charge in [0.2, 0.25) is 0 Å². The van der Waals surface area contributed by atoms with Crippen LogP contribution in [-0.2, 0) is 16.0 Å². The lowest BCUT2D eigenvalue weighted by Gasteiger charge is -2.20. The van der Waals surface area contributed by atoms with E-state index in [0.717, 1.165) is 22.0 Å². The molecule has 0 aliphatic carbocycles. The third-order valence-electron chi connectivity index (χ3n) is 4.89. The van der Waals surface area contributed by atoms with Gasteiger partial charge in [-0.25, -0.2) is 9.59 Å². The van der Waals surface area contributed by atoms with Crippen LogP contribution in [-0.4, -0.2) is 45.6 Å². The number of nitrogens with one attached hydrogen (secondary N) is 1. The van der Waals surface area contributed by atoms with Gasteiger partial charge in [0.15, 0.2) is 11.5 Å². The molecule has 1 aliphatic heterocycles. The molecule has 1 heterocycles. The van der Waals surface area contributed by atoms with Crippen LogP contribution in [0.15, 0.2) is 46.9 Å². The van der Waals surface area contributed by atoms with E-state index in [1.807, 2.05) is 31.2 Å². The molecule has 0 amide bonds. The third-order valence-corrected chi connectivity index (χ3v) is 5.38. The first-order valence-corrected chi connectivity index (χ1v) is 10.2. The van der Waals surface area contributed by atoms with Crippen LogP contribution in [0.4, 0.5) is 0 Å². The molecule has 0 spiro atoms. The standard InChI is InChI=1S/C21H22BrNO7/c1-2-15(23-11-16(24)13-4-3-5-14(22)10-13)8-12-6-7-17-18(9-12)30-21(29-17,19(25)26)20(27)28/h3-7,9-10,15-16,23-24H,2,8,11H2,1H3,(H,25,26)(H,27,28). The molecular weight excluding hydrogens is 458 g/mol. The van der Waals surface area contributed by atoms with E-state index in [2.05, 4.69) is 21.2 Å². The Morgan fingerprint density at radius 2 is 1.80 bits per heavy atom. The highest BCUT2D eigenvalue weighted by Crippen LogP contribution is 2.40. The minimum Gasteiger partial charge on any atom is -0.475 e. The fourth-order valence-electron chi connectivity index (χ4n) is 3.20. The number of carboxylic acid groups (broad SMARTS) is 2. The highest BCUT2D eigenvalue weighted by atomic mass is 79.9. The van der Waals surface area contributed by atoms with Gasteiger partial charge in [-0.3, -0.25) is 0 Å². The molecule has 4 N–H and O–H groups in total. The zero-order valence-corrected chi connectivity index (χ0v) is 17.8. The molecular formula is C21H22BrNO7. The molecule has 2 atom stereocenters. The molecule has 0 saturated carbocycles. The zero-order chi connectivity index (χ0) is 21.9. The van der Waals surface area contributed by atoms with Gasteiger partial charge in [0.1, 0.15) is 0 Å². The quantitative estimate of drug-likeness (QED) is 0.404. The smallest absolute Gasteiger partial charge is 0.453 e. The van der Waals surface area contributed by atoms with Crippen molar-refractivity contribution in [2.45, 2.75) is 37.7 Å². The lowest BCUT2D eigenvalue weighted by Crippen LogP contribution is -2.54. The first-order valence-electron chi connectivity index (χ1n) is 9.39. The van der Waals surface area contributed by atoms with E-state index in [9.17, 15) is 24.9 Å². The number of aliphatic carboxylic acids is 2. The van der Waals surface area contributed by atoms with Gasteiger partial charge in [-0.1, -0.05) is 41.1 Å². The van der Waals surface area contributed by atoms with Crippen molar-refractivity contribution in [2.75, 3.05) is 6.54 Å². The summed E-state index contributed by atoms with van der Waals surface area (Å²) < 4.78 is 11.1. The average molecular weight is 480 g/mol. The number of aliphatic hydroxyl groups excluding tert-OH is 1. The summed E-state index contributed by atoms with van der Waals surface area (Å²) in [6, 6.07) is 12.3. The van der Waals surface area contributed by atoms with Crippen molar-refractivity contribution < 1.29 is 34.4 Å². The fraction of sp³-hybridized carbons (Fsp3) is 0.333. The summed E-state index contributed by atoms with van der Waals surface area (Å²) in [7, 11) is 0. The Hall–Kier alpha value is -2.62. The van der Waals surface area contributed by atoms with Crippen molar-refractivity contribution in [2.24, 2.45) is 0 Å². The van der Waals surface area contributed by atoms with E-state index >= 15 is 0 Å². The Morgan fingerprint density at radius 1 is 1.10 bits per heavy atom. The van der Waals surface area contributed by atoms with E-state index in [1.54, 1.807) is 12.1 Å². The number of hydrogen-bond acceptors (Lipinski definition) is 6. The van der Waals surface area contributed by atoms with Gasteiger partial charge in [0, 0.05) is 17.1 Å².